The number of hydrogen-bond acceptors (Lipinski definition) is 4. The topological polar surface area (TPSA) is 68.2 Å². The average Bonchev–Trinajstić information content (AvgIpc) is 3.15. The van der Waals surface area contributed by atoms with Gasteiger partial charge in [0.25, 0.3) is 0 Å². The Labute approximate surface area is 169 Å². The standard InChI is InChI=1S/C22H25FN4O2/c1-29-14-13-24-11-12-25-21(28)15-18-16-27(20-5-3-2-4-6-20)26-22(18)17-7-9-19(23)10-8-17/h2-10,16,24H,11-15H2,1H3,(H,25,28). The molecule has 2 N–H and O–H groups in total. The molecule has 0 aliphatic rings. The van der Waals surface area contributed by atoms with Crippen molar-refractivity contribution >= 4 is 5.91 Å². The quantitative estimate of drug-likeness (QED) is 0.517. The van der Waals surface area contributed by atoms with E-state index in [0.29, 0.717) is 25.4 Å². The van der Waals surface area contributed by atoms with Crippen LogP contribution in [0.25, 0.3) is 16.9 Å². The summed E-state index contributed by atoms with van der Waals surface area (Å²) in [7, 11) is 1.65. The summed E-state index contributed by atoms with van der Waals surface area (Å²) in [5, 5.41) is 10.7. The van der Waals surface area contributed by atoms with Crippen molar-refractivity contribution in [3.8, 4) is 16.9 Å². The van der Waals surface area contributed by atoms with Crippen LogP contribution < -0.4 is 10.6 Å². The Morgan fingerprint density at radius 3 is 2.55 bits per heavy atom. The number of ether oxygens (including phenoxy) is 1. The van der Waals surface area contributed by atoms with Crippen LogP contribution in [0, 0.1) is 5.82 Å². The maximum Gasteiger partial charge on any atom is 0.224 e. The maximum atomic E-state index is 13.3. The van der Waals surface area contributed by atoms with Crippen molar-refractivity contribution in [3.63, 3.8) is 0 Å². The first-order valence-electron chi connectivity index (χ1n) is 9.53. The lowest BCUT2D eigenvalue weighted by atomic mass is 10.1. The molecule has 29 heavy (non-hydrogen) atoms. The summed E-state index contributed by atoms with van der Waals surface area (Å²) < 4.78 is 20.0. The third-order valence-corrected chi connectivity index (χ3v) is 4.39. The maximum absolute atomic E-state index is 13.3. The number of nitrogens with zero attached hydrogens (tertiary/aromatic N) is 2. The molecule has 2 aromatic carbocycles. The molecular weight excluding hydrogens is 371 g/mol. The molecule has 0 saturated carbocycles. The number of hydrogen-bond donors (Lipinski definition) is 2. The number of halogens is 1. The van der Waals surface area contributed by atoms with Gasteiger partial charge in [-0.3, -0.25) is 4.79 Å². The van der Waals surface area contributed by atoms with Gasteiger partial charge in [0.15, 0.2) is 0 Å². The van der Waals surface area contributed by atoms with Crippen molar-refractivity contribution in [2.45, 2.75) is 6.42 Å². The molecule has 7 heteroatoms. The van der Waals surface area contributed by atoms with Gasteiger partial charge in [-0.25, -0.2) is 9.07 Å². The second-order valence-electron chi connectivity index (χ2n) is 6.56. The van der Waals surface area contributed by atoms with Crippen molar-refractivity contribution in [2.75, 3.05) is 33.4 Å². The minimum absolute atomic E-state index is 0.0884. The highest BCUT2D eigenvalue weighted by Gasteiger charge is 2.15. The van der Waals surface area contributed by atoms with E-state index in [4.69, 9.17) is 4.74 Å². The molecule has 0 aliphatic carbocycles. The zero-order valence-corrected chi connectivity index (χ0v) is 16.4. The fraction of sp³-hybridized carbons (Fsp3) is 0.273. The van der Waals surface area contributed by atoms with Crippen molar-refractivity contribution in [1.29, 1.82) is 0 Å². The summed E-state index contributed by atoms with van der Waals surface area (Å²) >= 11 is 0. The van der Waals surface area contributed by atoms with E-state index < -0.39 is 0 Å². The molecule has 0 aliphatic heterocycles. The lowest BCUT2D eigenvalue weighted by molar-refractivity contribution is -0.120. The number of aromatic nitrogens is 2. The van der Waals surface area contributed by atoms with Crippen LogP contribution in [0.1, 0.15) is 5.56 Å². The molecule has 0 unspecified atom stereocenters. The number of methoxy groups -OCH3 is 1. The summed E-state index contributed by atoms with van der Waals surface area (Å²) in [5.41, 5.74) is 3.11. The fourth-order valence-electron chi connectivity index (χ4n) is 2.93. The van der Waals surface area contributed by atoms with E-state index in [1.807, 2.05) is 36.5 Å². The molecule has 0 spiro atoms. The van der Waals surface area contributed by atoms with Gasteiger partial charge in [0, 0.05) is 44.1 Å². The molecule has 1 aromatic heterocycles. The van der Waals surface area contributed by atoms with Gasteiger partial charge in [-0.2, -0.15) is 5.10 Å². The second kappa shape index (κ2) is 10.5. The summed E-state index contributed by atoms with van der Waals surface area (Å²) in [6.45, 7) is 2.57. The average molecular weight is 396 g/mol. The van der Waals surface area contributed by atoms with Crippen molar-refractivity contribution in [1.82, 2.24) is 20.4 Å². The van der Waals surface area contributed by atoms with Gasteiger partial charge < -0.3 is 15.4 Å². The Bertz CT molecular complexity index is 910. The molecule has 6 nitrogen and oxygen atoms in total. The first-order valence-corrected chi connectivity index (χ1v) is 9.53. The summed E-state index contributed by atoms with van der Waals surface area (Å²) in [4.78, 5) is 12.4. The second-order valence-corrected chi connectivity index (χ2v) is 6.56. The largest absolute Gasteiger partial charge is 0.383 e. The van der Waals surface area contributed by atoms with Gasteiger partial charge in [0.05, 0.1) is 24.4 Å². The molecule has 3 aromatic rings. The number of rotatable bonds is 10. The zero-order chi connectivity index (χ0) is 20.5. The highest BCUT2D eigenvalue weighted by atomic mass is 19.1. The van der Waals surface area contributed by atoms with Gasteiger partial charge in [0.2, 0.25) is 5.91 Å². The fourth-order valence-corrected chi connectivity index (χ4v) is 2.93. The van der Waals surface area contributed by atoms with Crippen LogP contribution in [0.15, 0.2) is 60.8 Å². The predicted octanol–water partition coefficient (Wildman–Crippen LogP) is 2.57. The van der Waals surface area contributed by atoms with Crippen LogP contribution in [0.3, 0.4) is 0 Å². The van der Waals surface area contributed by atoms with Crippen LogP contribution in [0.2, 0.25) is 0 Å². The Morgan fingerprint density at radius 1 is 1.07 bits per heavy atom. The van der Waals surface area contributed by atoms with Crippen LogP contribution in [0.5, 0.6) is 0 Å². The van der Waals surface area contributed by atoms with Gasteiger partial charge in [-0.15, -0.1) is 0 Å². The van der Waals surface area contributed by atoms with Crippen molar-refractivity contribution in [2.24, 2.45) is 0 Å². The highest BCUT2D eigenvalue weighted by molar-refractivity contribution is 5.81. The number of carbonyl (C=O) groups is 1. The smallest absolute Gasteiger partial charge is 0.224 e. The highest BCUT2D eigenvalue weighted by Crippen LogP contribution is 2.24. The first kappa shape index (κ1) is 20.7. The van der Waals surface area contributed by atoms with Crippen LogP contribution in [0.4, 0.5) is 4.39 Å². The van der Waals surface area contributed by atoms with E-state index in [0.717, 1.165) is 23.4 Å². The Hall–Kier alpha value is -3.03. The minimum atomic E-state index is -0.309. The van der Waals surface area contributed by atoms with E-state index in [2.05, 4.69) is 15.7 Å². The van der Waals surface area contributed by atoms with E-state index in [9.17, 15) is 9.18 Å². The van der Waals surface area contributed by atoms with E-state index in [1.165, 1.54) is 12.1 Å². The van der Waals surface area contributed by atoms with Gasteiger partial charge >= 0.3 is 0 Å². The van der Waals surface area contributed by atoms with E-state index in [-0.39, 0.29) is 18.1 Å². The number of nitrogens with one attached hydrogen (secondary N) is 2. The Morgan fingerprint density at radius 2 is 1.83 bits per heavy atom. The minimum Gasteiger partial charge on any atom is -0.383 e. The summed E-state index contributed by atoms with van der Waals surface area (Å²) in [6.07, 6.45) is 2.04. The number of carbonyl (C=O) groups excluding carboxylic acids is 1. The first-order chi connectivity index (χ1) is 14.2. The molecule has 152 valence electrons. The monoisotopic (exact) mass is 396 g/mol. The van der Waals surface area contributed by atoms with Gasteiger partial charge in [-0.1, -0.05) is 18.2 Å². The molecule has 1 heterocycles. The molecule has 0 fully saturated rings. The SMILES string of the molecule is COCCNCCNC(=O)Cc1cn(-c2ccccc2)nc1-c1ccc(F)cc1. The Balaban J connectivity index is 1.73. The van der Waals surface area contributed by atoms with Crippen LogP contribution in [-0.2, 0) is 16.0 Å². The number of benzene rings is 2. The molecule has 0 radical (unpaired) electrons. The summed E-state index contributed by atoms with van der Waals surface area (Å²) in [5.74, 6) is -0.397. The van der Waals surface area contributed by atoms with Crippen molar-refractivity contribution < 1.29 is 13.9 Å². The molecule has 0 saturated heterocycles. The molecule has 1 amide bonds. The van der Waals surface area contributed by atoms with E-state index in [1.54, 1.807) is 23.9 Å². The molecule has 3 rings (SSSR count). The number of para-hydroxylation sites is 1. The number of amides is 1. The third-order valence-electron chi connectivity index (χ3n) is 4.39. The van der Waals surface area contributed by atoms with Crippen molar-refractivity contribution in [3.05, 3.63) is 72.2 Å². The van der Waals surface area contributed by atoms with Crippen LogP contribution in [-0.4, -0.2) is 49.0 Å². The normalized spacial score (nSPS) is 10.8. The molecule has 0 atom stereocenters. The predicted molar refractivity (Wildman–Crippen MR) is 110 cm³/mol. The lowest BCUT2D eigenvalue weighted by Crippen LogP contribution is -2.33. The molecule has 0 bridgehead atoms. The lowest BCUT2D eigenvalue weighted by Gasteiger charge is -2.07. The van der Waals surface area contributed by atoms with Crippen LogP contribution >= 0.6 is 0 Å². The summed E-state index contributed by atoms with van der Waals surface area (Å²) in [6, 6.07) is 15.8. The van der Waals surface area contributed by atoms with Gasteiger partial charge in [-0.05, 0) is 36.4 Å². The van der Waals surface area contributed by atoms with E-state index >= 15 is 0 Å². The Kier molecular flexibility index (Phi) is 7.49. The zero-order valence-electron chi connectivity index (χ0n) is 16.4. The molecular formula is C22H25FN4O2. The third kappa shape index (κ3) is 5.97. The van der Waals surface area contributed by atoms with Gasteiger partial charge in [0.1, 0.15) is 5.82 Å².